The first kappa shape index (κ1) is 36.4. The molecule has 5 rings (SSSR count). The van der Waals surface area contributed by atoms with Gasteiger partial charge in [0.15, 0.2) is 17.6 Å². The Labute approximate surface area is 289 Å². The third-order valence-electron chi connectivity index (χ3n) is 8.55. The number of alkyl halides is 3. The van der Waals surface area contributed by atoms with Crippen molar-refractivity contribution < 1.29 is 46.4 Å². The Bertz CT molecular complexity index is 1800. The van der Waals surface area contributed by atoms with Crippen LogP contribution < -0.4 is 18.9 Å². The van der Waals surface area contributed by atoms with Crippen molar-refractivity contribution in [2.75, 3.05) is 13.7 Å². The molecule has 0 aromatic heterocycles. The summed E-state index contributed by atoms with van der Waals surface area (Å²) in [7, 11) is 1.36. The molecular weight excluding hydrogens is 653 g/mol. The van der Waals surface area contributed by atoms with E-state index in [0.717, 1.165) is 12.1 Å². The van der Waals surface area contributed by atoms with Crippen molar-refractivity contribution in [3.63, 3.8) is 0 Å². The minimum absolute atomic E-state index is 0.0285. The Hall–Kier alpha value is -4.92. The van der Waals surface area contributed by atoms with Gasteiger partial charge < -0.3 is 28.6 Å². The quantitative estimate of drug-likeness (QED) is 0.242. The number of benzene rings is 3. The number of fused-ring (bicyclic) bond motifs is 1. The third kappa shape index (κ3) is 8.26. The van der Waals surface area contributed by atoms with Crippen LogP contribution in [0.3, 0.4) is 0 Å². The normalized spacial score (nSPS) is 19.3. The van der Waals surface area contributed by atoms with E-state index in [1.807, 2.05) is 20.8 Å². The number of Topliss-reactive ketones (excluding diaryl/α,β-unsaturated/α-hetero) is 1. The molecule has 1 fully saturated rings. The van der Waals surface area contributed by atoms with Gasteiger partial charge in [0, 0.05) is 37.9 Å². The predicted octanol–water partition coefficient (Wildman–Crippen LogP) is 8.76. The summed E-state index contributed by atoms with van der Waals surface area (Å²) in [6, 6.07) is 14.4. The van der Waals surface area contributed by atoms with Crippen LogP contribution in [-0.4, -0.2) is 54.3 Å². The van der Waals surface area contributed by atoms with Gasteiger partial charge in [-0.2, -0.15) is 18.4 Å². The lowest BCUT2D eigenvalue weighted by molar-refractivity contribution is -0.138. The summed E-state index contributed by atoms with van der Waals surface area (Å²) in [5.41, 5.74) is -1.01. The molecule has 0 aliphatic carbocycles. The molecule has 266 valence electrons. The lowest BCUT2D eigenvalue weighted by Crippen LogP contribution is -2.55. The van der Waals surface area contributed by atoms with Crippen LogP contribution in [0.25, 0.3) is 0 Å². The molecule has 1 amide bonds. The topological polar surface area (TPSA) is 107 Å². The van der Waals surface area contributed by atoms with E-state index >= 15 is 0 Å². The highest BCUT2D eigenvalue weighted by Crippen LogP contribution is 2.42. The van der Waals surface area contributed by atoms with Gasteiger partial charge in [0.2, 0.25) is 5.78 Å². The average Bonchev–Trinajstić information content (AvgIpc) is 3.33. The number of carbonyl (C=O) groups excluding carboxylic acids is 2. The molecule has 0 radical (unpaired) electrons. The summed E-state index contributed by atoms with van der Waals surface area (Å²) >= 11 is 0. The Morgan fingerprint density at radius 2 is 1.70 bits per heavy atom. The molecule has 0 saturated carbocycles. The second kappa shape index (κ2) is 13.8. The molecule has 0 N–H and O–H groups in total. The molecule has 2 heterocycles. The average molecular weight is 695 g/mol. The Kier molecular flexibility index (Phi) is 10.0. The number of halogens is 3. The number of hydrogen-bond donors (Lipinski definition) is 0. The molecule has 3 aromatic carbocycles. The summed E-state index contributed by atoms with van der Waals surface area (Å²) in [4.78, 5) is 28.1. The zero-order valence-electron chi connectivity index (χ0n) is 29.1. The number of carbonyl (C=O) groups is 2. The Balaban J connectivity index is 1.26. The van der Waals surface area contributed by atoms with Crippen molar-refractivity contribution in [3.05, 3.63) is 76.9 Å². The van der Waals surface area contributed by atoms with E-state index in [1.165, 1.54) is 19.2 Å². The largest absolute Gasteiger partial charge is 0.493 e. The van der Waals surface area contributed by atoms with Gasteiger partial charge in [-0.25, -0.2) is 4.79 Å². The fraction of sp³-hybridized carbons (Fsp3) is 0.447. The molecule has 12 heteroatoms. The predicted molar refractivity (Wildman–Crippen MR) is 178 cm³/mol. The second-order valence-electron chi connectivity index (χ2n) is 14.6. The number of ether oxygens (including phenoxy) is 5. The molecule has 2 aliphatic rings. The Morgan fingerprint density at radius 3 is 2.34 bits per heavy atom. The second-order valence-corrected chi connectivity index (χ2v) is 14.6. The number of piperidine rings is 1. The highest BCUT2D eigenvalue weighted by atomic mass is 19.4. The summed E-state index contributed by atoms with van der Waals surface area (Å²) < 4.78 is 70.2. The fourth-order valence-electron chi connectivity index (χ4n) is 6.15. The van der Waals surface area contributed by atoms with E-state index in [4.69, 9.17) is 28.9 Å². The highest BCUT2D eigenvalue weighted by molar-refractivity contribution is 6.04. The van der Waals surface area contributed by atoms with Gasteiger partial charge in [0.1, 0.15) is 29.0 Å². The lowest BCUT2D eigenvalue weighted by atomic mass is 9.80. The zero-order valence-corrected chi connectivity index (χ0v) is 29.1. The van der Waals surface area contributed by atoms with E-state index < -0.39 is 29.2 Å². The molecule has 2 aliphatic heterocycles. The number of amides is 1. The minimum atomic E-state index is -4.75. The highest BCUT2D eigenvalue weighted by Gasteiger charge is 2.41. The van der Waals surface area contributed by atoms with Crippen molar-refractivity contribution in [1.82, 2.24) is 4.90 Å². The molecule has 1 saturated heterocycles. The van der Waals surface area contributed by atoms with Crippen LogP contribution in [0.2, 0.25) is 0 Å². The zero-order chi connectivity index (χ0) is 36.6. The van der Waals surface area contributed by atoms with E-state index in [-0.39, 0.29) is 52.9 Å². The minimum Gasteiger partial charge on any atom is -0.493 e. The van der Waals surface area contributed by atoms with Crippen LogP contribution >= 0.6 is 0 Å². The number of hydrogen-bond acceptors (Lipinski definition) is 8. The van der Waals surface area contributed by atoms with Crippen molar-refractivity contribution >= 4 is 11.9 Å². The van der Waals surface area contributed by atoms with Crippen LogP contribution in [0, 0.1) is 16.7 Å². The van der Waals surface area contributed by atoms with Gasteiger partial charge in [-0.3, -0.25) is 4.79 Å². The van der Waals surface area contributed by atoms with Gasteiger partial charge in [-0.15, -0.1) is 0 Å². The Morgan fingerprint density at radius 1 is 0.980 bits per heavy atom. The van der Waals surface area contributed by atoms with Crippen LogP contribution in [0.5, 0.6) is 28.7 Å². The summed E-state index contributed by atoms with van der Waals surface area (Å²) in [6.45, 7) is 12.3. The maximum Gasteiger partial charge on any atom is 0.420 e. The van der Waals surface area contributed by atoms with Crippen LogP contribution in [-0.2, 0) is 17.3 Å². The number of rotatable bonds is 7. The molecule has 50 heavy (non-hydrogen) atoms. The molecule has 0 spiro atoms. The van der Waals surface area contributed by atoms with Crippen molar-refractivity contribution in [3.8, 4) is 34.8 Å². The van der Waals surface area contributed by atoms with Crippen molar-refractivity contribution in [2.45, 2.75) is 90.8 Å². The molecule has 3 atom stereocenters. The summed E-state index contributed by atoms with van der Waals surface area (Å²) in [6.07, 6.45) is -4.72. The molecule has 9 nitrogen and oxygen atoms in total. The van der Waals surface area contributed by atoms with Gasteiger partial charge in [0.25, 0.3) is 0 Å². The SMILES string of the molecule is COc1cc(CC2Oc3cc(OC4CCN(C(=O)OC(C)(C)C)C(C(C)(C)C)C4)ccc3C2=O)ccc1Oc1ccc(C#N)cc1C(F)(F)F. The number of nitriles is 1. The van der Waals surface area contributed by atoms with Gasteiger partial charge in [-0.05, 0) is 74.2 Å². The van der Waals surface area contributed by atoms with E-state index in [9.17, 15) is 22.8 Å². The summed E-state index contributed by atoms with van der Waals surface area (Å²) in [5.74, 6) is 0.434. The molecule has 3 unspecified atom stereocenters. The van der Waals surface area contributed by atoms with Gasteiger partial charge in [0.05, 0.1) is 29.9 Å². The first-order valence-electron chi connectivity index (χ1n) is 16.3. The van der Waals surface area contributed by atoms with E-state index in [1.54, 1.807) is 41.3 Å². The van der Waals surface area contributed by atoms with E-state index in [0.29, 0.717) is 42.0 Å². The standard InChI is InChI=1S/C38H41F3N2O7/c1-36(2,3)33-20-25(14-15-43(33)35(45)50-37(4,5)6)47-24-10-11-26-30(19-24)49-32(34(26)44)18-22-8-13-29(31(17-22)46-7)48-28-12-9-23(21-42)16-27(28)38(39,40)41/h8-13,16-17,19,25,32-33H,14-15,18,20H2,1-7H3. The number of ketones is 1. The first-order chi connectivity index (χ1) is 23.4. The number of likely N-dealkylation sites (tertiary alicyclic amines) is 1. The monoisotopic (exact) mass is 694 g/mol. The molecular formula is C38H41F3N2O7. The fourth-order valence-corrected chi connectivity index (χ4v) is 6.15. The number of nitrogens with zero attached hydrogens (tertiary/aromatic N) is 2. The number of methoxy groups -OCH3 is 1. The first-order valence-corrected chi connectivity index (χ1v) is 16.3. The van der Waals surface area contributed by atoms with Gasteiger partial charge >= 0.3 is 12.3 Å². The summed E-state index contributed by atoms with van der Waals surface area (Å²) in [5, 5.41) is 9.04. The molecule has 0 bridgehead atoms. The molecule has 3 aromatic rings. The van der Waals surface area contributed by atoms with Crippen molar-refractivity contribution in [2.24, 2.45) is 5.41 Å². The van der Waals surface area contributed by atoms with E-state index in [2.05, 4.69) is 20.8 Å². The smallest absolute Gasteiger partial charge is 0.420 e. The van der Waals surface area contributed by atoms with Gasteiger partial charge in [-0.1, -0.05) is 26.8 Å². The lowest BCUT2D eigenvalue weighted by Gasteiger charge is -2.45. The van der Waals surface area contributed by atoms with Crippen LogP contribution in [0.1, 0.15) is 81.4 Å². The maximum atomic E-state index is 13.7. The third-order valence-corrected chi connectivity index (χ3v) is 8.55. The van der Waals surface area contributed by atoms with Crippen LogP contribution in [0.4, 0.5) is 18.0 Å². The maximum absolute atomic E-state index is 13.7. The van der Waals surface area contributed by atoms with Crippen molar-refractivity contribution in [1.29, 1.82) is 5.26 Å². The van der Waals surface area contributed by atoms with Crippen LogP contribution in [0.15, 0.2) is 54.6 Å².